The lowest BCUT2D eigenvalue weighted by Gasteiger charge is -2.32. The number of hydrogen-bond donors (Lipinski definition) is 1. The van der Waals surface area contributed by atoms with Crippen molar-refractivity contribution in [2.75, 3.05) is 19.3 Å². The lowest BCUT2D eigenvalue weighted by atomic mass is 10.0. The number of likely N-dealkylation sites (tertiary alicyclic amines) is 1. The van der Waals surface area contributed by atoms with Crippen LogP contribution in [0, 0.1) is 13.8 Å². The van der Waals surface area contributed by atoms with Crippen molar-refractivity contribution in [1.82, 2.24) is 19.4 Å². The number of nitrogens with one attached hydrogen (secondary N) is 1. The Hall–Kier alpha value is -1.41. The zero-order valence-electron chi connectivity index (χ0n) is 12.9. The fraction of sp³-hybridized carbons (Fsp3) is 0.692. The largest absolute Gasteiger partial charge is 0.337 e. The predicted molar refractivity (Wildman–Crippen MR) is 79.6 cm³/mol. The molecular weight excluding hydrogens is 292 g/mol. The molecule has 21 heavy (non-hydrogen) atoms. The fourth-order valence-electron chi connectivity index (χ4n) is 2.80. The number of aromatic nitrogens is 2. The van der Waals surface area contributed by atoms with Crippen molar-refractivity contribution < 1.29 is 13.2 Å². The number of carbonyl (C=O) groups excluding carboxylic acids is 1. The summed E-state index contributed by atoms with van der Waals surface area (Å²) in [5.41, 5.74) is 2.16. The van der Waals surface area contributed by atoms with Crippen LogP contribution in [0.15, 0.2) is 0 Å². The van der Waals surface area contributed by atoms with Gasteiger partial charge in [-0.3, -0.25) is 9.48 Å². The summed E-state index contributed by atoms with van der Waals surface area (Å²) < 4.78 is 26.9. The highest BCUT2D eigenvalue weighted by molar-refractivity contribution is 7.88. The summed E-state index contributed by atoms with van der Waals surface area (Å²) in [7, 11) is -1.45. The van der Waals surface area contributed by atoms with E-state index in [2.05, 4.69) is 9.82 Å². The Balaban J connectivity index is 2.16. The highest BCUT2D eigenvalue weighted by Crippen LogP contribution is 2.18. The van der Waals surface area contributed by atoms with E-state index in [0.717, 1.165) is 24.8 Å². The first-order valence-corrected chi connectivity index (χ1v) is 8.85. The van der Waals surface area contributed by atoms with Crippen molar-refractivity contribution in [2.24, 2.45) is 7.05 Å². The quantitative estimate of drug-likeness (QED) is 0.863. The van der Waals surface area contributed by atoms with Crippen LogP contribution in [-0.2, 0) is 17.1 Å². The molecule has 1 fully saturated rings. The molecule has 0 aliphatic carbocycles. The van der Waals surface area contributed by atoms with Gasteiger partial charge in [-0.25, -0.2) is 13.1 Å². The van der Waals surface area contributed by atoms with E-state index in [-0.39, 0.29) is 11.9 Å². The lowest BCUT2D eigenvalue weighted by Crippen LogP contribution is -2.49. The van der Waals surface area contributed by atoms with Crippen LogP contribution in [0.5, 0.6) is 0 Å². The number of rotatable bonds is 3. The van der Waals surface area contributed by atoms with E-state index < -0.39 is 10.0 Å². The van der Waals surface area contributed by atoms with Gasteiger partial charge in [0.05, 0.1) is 17.5 Å². The Morgan fingerprint density at radius 1 is 1.38 bits per heavy atom. The second-order valence-corrected chi connectivity index (χ2v) is 7.43. The number of nitrogens with zero attached hydrogens (tertiary/aromatic N) is 3. The Bertz CT molecular complexity index is 651. The van der Waals surface area contributed by atoms with Crippen LogP contribution in [0.25, 0.3) is 0 Å². The minimum atomic E-state index is -3.25. The first-order chi connectivity index (χ1) is 9.69. The molecule has 0 spiro atoms. The number of sulfonamides is 1. The molecule has 7 nitrogen and oxygen atoms in total. The summed E-state index contributed by atoms with van der Waals surface area (Å²) in [6.07, 6.45) is 2.68. The average molecular weight is 314 g/mol. The maximum Gasteiger partial charge on any atom is 0.257 e. The first-order valence-electron chi connectivity index (χ1n) is 6.96. The van der Waals surface area contributed by atoms with Crippen LogP contribution in [0.2, 0.25) is 0 Å². The fourth-order valence-corrected chi connectivity index (χ4v) is 3.60. The molecular formula is C13H22N4O3S. The highest BCUT2D eigenvalue weighted by Gasteiger charge is 2.29. The van der Waals surface area contributed by atoms with Gasteiger partial charge in [0.15, 0.2) is 0 Å². The molecule has 1 unspecified atom stereocenters. The predicted octanol–water partition coefficient (Wildman–Crippen LogP) is 0.191. The van der Waals surface area contributed by atoms with Gasteiger partial charge in [-0.2, -0.15) is 5.10 Å². The zero-order valence-corrected chi connectivity index (χ0v) is 13.7. The van der Waals surface area contributed by atoms with Crippen molar-refractivity contribution in [3.8, 4) is 0 Å². The second-order valence-electron chi connectivity index (χ2n) is 5.65. The van der Waals surface area contributed by atoms with Crippen molar-refractivity contribution in [1.29, 1.82) is 0 Å². The minimum Gasteiger partial charge on any atom is -0.337 e. The van der Waals surface area contributed by atoms with Crippen LogP contribution >= 0.6 is 0 Å². The van der Waals surface area contributed by atoms with Gasteiger partial charge in [0.2, 0.25) is 10.0 Å². The number of amides is 1. The van der Waals surface area contributed by atoms with Gasteiger partial charge in [0.1, 0.15) is 0 Å². The maximum atomic E-state index is 12.7. The third-order valence-electron chi connectivity index (χ3n) is 3.81. The van der Waals surface area contributed by atoms with Crippen molar-refractivity contribution in [2.45, 2.75) is 32.7 Å². The number of piperidine rings is 1. The standard InChI is InChI=1S/C13H22N4O3S/c1-9-12(10(2)16(3)14-9)13(18)17-7-5-6-11(8-17)15-21(4,19)20/h11,15H,5-8H2,1-4H3. The van der Waals surface area contributed by atoms with Crippen LogP contribution in [0.1, 0.15) is 34.6 Å². The SMILES string of the molecule is Cc1nn(C)c(C)c1C(=O)N1CCCC(NS(C)(=O)=O)C1. The van der Waals surface area contributed by atoms with E-state index in [1.165, 1.54) is 0 Å². The van der Waals surface area contributed by atoms with Crippen LogP contribution in [0.3, 0.4) is 0 Å². The normalized spacial score (nSPS) is 19.8. The lowest BCUT2D eigenvalue weighted by molar-refractivity contribution is 0.0701. The van der Waals surface area contributed by atoms with Gasteiger partial charge >= 0.3 is 0 Å². The molecule has 1 N–H and O–H groups in total. The topological polar surface area (TPSA) is 84.3 Å². The zero-order chi connectivity index (χ0) is 15.8. The maximum absolute atomic E-state index is 12.7. The van der Waals surface area contributed by atoms with E-state index >= 15 is 0 Å². The van der Waals surface area contributed by atoms with Gasteiger partial charge in [0, 0.05) is 31.9 Å². The molecule has 1 aromatic heterocycles. The molecule has 0 saturated carbocycles. The highest BCUT2D eigenvalue weighted by atomic mass is 32.2. The van der Waals surface area contributed by atoms with E-state index in [0.29, 0.717) is 24.3 Å². The summed E-state index contributed by atoms with van der Waals surface area (Å²) in [5, 5.41) is 4.26. The molecule has 118 valence electrons. The Labute approximate surface area is 125 Å². The van der Waals surface area contributed by atoms with Gasteiger partial charge < -0.3 is 4.90 Å². The molecule has 0 aromatic carbocycles. The molecule has 1 saturated heterocycles. The van der Waals surface area contributed by atoms with Gasteiger partial charge in [-0.05, 0) is 26.7 Å². The van der Waals surface area contributed by atoms with E-state index in [9.17, 15) is 13.2 Å². The summed E-state index contributed by atoms with van der Waals surface area (Å²) in [6, 6.07) is -0.213. The third kappa shape index (κ3) is 3.62. The summed E-state index contributed by atoms with van der Waals surface area (Å²) in [6.45, 7) is 4.73. The van der Waals surface area contributed by atoms with Crippen molar-refractivity contribution in [3.05, 3.63) is 17.0 Å². The summed E-state index contributed by atoms with van der Waals surface area (Å²) >= 11 is 0. The van der Waals surface area contributed by atoms with Crippen molar-refractivity contribution >= 4 is 15.9 Å². The van der Waals surface area contributed by atoms with Crippen LogP contribution < -0.4 is 4.72 Å². The molecule has 0 radical (unpaired) electrons. The number of hydrogen-bond acceptors (Lipinski definition) is 4. The first kappa shape index (κ1) is 16.0. The number of carbonyl (C=O) groups is 1. The molecule has 1 aromatic rings. The van der Waals surface area contributed by atoms with Gasteiger partial charge in [0.25, 0.3) is 5.91 Å². The molecule has 8 heteroatoms. The Morgan fingerprint density at radius 2 is 2.05 bits per heavy atom. The van der Waals surface area contributed by atoms with E-state index in [1.807, 2.05) is 20.9 Å². The Kier molecular flexibility index (Phi) is 4.38. The van der Waals surface area contributed by atoms with Crippen LogP contribution in [-0.4, -0.2) is 54.4 Å². The minimum absolute atomic E-state index is 0.0712. The van der Waals surface area contributed by atoms with Crippen molar-refractivity contribution in [3.63, 3.8) is 0 Å². The van der Waals surface area contributed by atoms with Gasteiger partial charge in [-0.1, -0.05) is 0 Å². The molecule has 1 amide bonds. The molecule has 2 heterocycles. The monoisotopic (exact) mass is 314 g/mol. The average Bonchev–Trinajstić information content (AvgIpc) is 2.61. The van der Waals surface area contributed by atoms with Crippen LogP contribution in [0.4, 0.5) is 0 Å². The molecule has 1 aliphatic rings. The van der Waals surface area contributed by atoms with E-state index in [4.69, 9.17) is 0 Å². The summed E-state index contributed by atoms with van der Waals surface area (Å²) in [4.78, 5) is 14.4. The Morgan fingerprint density at radius 3 is 2.57 bits per heavy atom. The molecule has 2 rings (SSSR count). The molecule has 0 bridgehead atoms. The van der Waals surface area contributed by atoms with Gasteiger partial charge in [-0.15, -0.1) is 0 Å². The van der Waals surface area contributed by atoms with E-state index in [1.54, 1.807) is 9.58 Å². The molecule has 1 atom stereocenters. The second kappa shape index (κ2) is 5.76. The third-order valence-corrected chi connectivity index (χ3v) is 4.57. The smallest absolute Gasteiger partial charge is 0.257 e. The summed E-state index contributed by atoms with van der Waals surface area (Å²) in [5.74, 6) is -0.0712. The molecule has 1 aliphatic heterocycles. The number of aryl methyl sites for hydroxylation is 2.